The molecular weight excluding hydrogens is 446 g/mol. The molecule has 0 unspecified atom stereocenters. The third-order valence-corrected chi connectivity index (χ3v) is 6.32. The Bertz CT molecular complexity index is 909. The fourth-order valence-electron chi connectivity index (χ4n) is 4.17. The Balaban J connectivity index is 1.63. The summed E-state index contributed by atoms with van der Waals surface area (Å²) in [6.07, 6.45) is 5.78. The van der Waals surface area contributed by atoms with E-state index in [1.54, 1.807) is 0 Å². The van der Waals surface area contributed by atoms with Crippen molar-refractivity contribution in [2.75, 3.05) is 38.1 Å². The number of hydrogen-bond donors (Lipinski definition) is 2. The second-order valence-electron chi connectivity index (χ2n) is 7.92. The molecular formula is C22H26BrN5O2. The molecule has 1 saturated carbocycles. The third kappa shape index (κ3) is 4.68. The summed E-state index contributed by atoms with van der Waals surface area (Å²) < 4.78 is 6.50. The van der Waals surface area contributed by atoms with Crippen molar-refractivity contribution in [1.82, 2.24) is 10.2 Å². The zero-order chi connectivity index (χ0) is 20.9. The lowest BCUT2D eigenvalue weighted by Gasteiger charge is -2.34. The topological polar surface area (TPSA) is 89.8 Å². The number of nitrogens with one attached hydrogen (secondary N) is 2. The van der Waals surface area contributed by atoms with Gasteiger partial charge in [0.25, 0.3) is 0 Å². The summed E-state index contributed by atoms with van der Waals surface area (Å²) in [4.78, 5) is 19.8. The van der Waals surface area contributed by atoms with Crippen molar-refractivity contribution < 1.29 is 9.53 Å². The van der Waals surface area contributed by atoms with Gasteiger partial charge in [-0.25, -0.2) is 9.79 Å². The van der Waals surface area contributed by atoms with E-state index in [1.165, 1.54) is 19.3 Å². The summed E-state index contributed by atoms with van der Waals surface area (Å²) in [5, 5.41) is 16.5. The van der Waals surface area contributed by atoms with E-state index in [2.05, 4.69) is 37.5 Å². The van der Waals surface area contributed by atoms with Gasteiger partial charge in [-0.05, 0) is 37.0 Å². The fraction of sp³-hybridized carbons (Fsp3) is 0.500. The minimum absolute atomic E-state index is 0.0170. The highest BCUT2D eigenvalue weighted by Gasteiger charge is 2.30. The van der Waals surface area contributed by atoms with E-state index in [-0.39, 0.29) is 5.57 Å². The van der Waals surface area contributed by atoms with Crippen LogP contribution in [0, 0.1) is 17.2 Å². The molecule has 1 saturated heterocycles. The number of halogens is 1. The van der Waals surface area contributed by atoms with Crippen LogP contribution in [0.2, 0.25) is 0 Å². The van der Waals surface area contributed by atoms with E-state index in [1.807, 2.05) is 18.2 Å². The number of esters is 1. The molecule has 1 aliphatic carbocycles. The van der Waals surface area contributed by atoms with Crippen molar-refractivity contribution in [2.45, 2.75) is 32.1 Å². The first kappa shape index (κ1) is 20.9. The molecule has 0 aromatic heterocycles. The van der Waals surface area contributed by atoms with E-state index in [0.717, 1.165) is 54.9 Å². The molecule has 3 aliphatic rings. The van der Waals surface area contributed by atoms with E-state index in [9.17, 15) is 10.1 Å². The number of rotatable bonds is 3. The molecule has 158 valence electrons. The van der Waals surface area contributed by atoms with E-state index in [4.69, 9.17) is 9.73 Å². The molecule has 1 aromatic rings. The van der Waals surface area contributed by atoms with Gasteiger partial charge in [0.05, 0.1) is 18.0 Å². The Morgan fingerprint density at radius 2 is 2.03 bits per heavy atom. The largest absolute Gasteiger partial charge is 0.461 e. The first-order chi connectivity index (χ1) is 14.7. The monoisotopic (exact) mass is 471 g/mol. The molecule has 0 amide bonds. The summed E-state index contributed by atoms with van der Waals surface area (Å²) in [5.74, 6) is 0.438. The number of nitrogens with zero attached hydrogens (tertiary/aromatic N) is 3. The maximum absolute atomic E-state index is 12.9. The minimum Gasteiger partial charge on any atom is -0.461 e. The molecule has 0 bridgehead atoms. The van der Waals surface area contributed by atoms with Crippen LogP contribution in [-0.2, 0) is 9.53 Å². The number of ether oxygens (including phenoxy) is 1. The van der Waals surface area contributed by atoms with E-state index >= 15 is 0 Å². The molecule has 2 aliphatic heterocycles. The molecule has 0 spiro atoms. The molecule has 0 atom stereocenters. The van der Waals surface area contributed by atoms with Crippen LogP contribution in [0.1, 0.15) is 32.1 Å². The normalized spacial score (nSPS) is 21.1. The number of fused-ring (bicyclic) bond motifs is 1. The van der Waals surface area contributed by atoms with Crippen molar-refractivity contribution >= 4 is 39.1 Å². The summed E-state index contributed by atoms with van der Waals surface area (Å²) in [6.45, 7) is 3.53. The molecule has 4 rings (SSSR count). The predicted molar refractivity (Wildman–Crippen MR) is 119 cm³/mol. The van der Waals surface area contributed by atoms with Crippen LogP contribution < -0.4 is 10.6 Å². The van der Waals surface area contributed by atoms with Crippen molar-refractivity contribution in [2.24, 2.45) is 10.9 Å². The van der Waals surface area contributed by atoms with Gasteiger partial charge in [0, 0.05) is 30.7 Å². The van der Waals surface area contributed by atoms with Crippen LogP contribution in [0.3, 0.4) is 0 Å². The minimum atomic E-state index is -0.575. The number of nitriles is 1. The summed E-state index contributed by atoms with van der Waals surface area (Å²) in [5.41, 5.74) is 1.95. The quantitative estimate of drug-likeness (QED) is 0.396. The average molecular weight is 472 g/mol. The summed E-state index contributed by atoms with van der Waals surface area (Å²) >= 11 is 3.49. The smallest absolute Gasteiger partial charge is 0.351 e. The van der Waals surface area contributed by atoms with Crippen molar-refractivity contribution in [3.8, 4) is 6.07 Å². The van der Waals surface area contributed by atoms with Crippen molar-refractivity contribution in [3.05, 3.63) is 33.9 Å². The lowest BCUT2D eigenvalue weighted by atomic mass is 9.90. The Morgan fingerprint density at radius 3 is 2.77 bits per heavy atom. The lowest BCUT2D eigenvalue weighted by molar-refractivity contribution is -0.140. The number of hydrogen-bond acceptors (Lipinski definition) is 7. The van der Waals surface area contributed by atoms with Gasteiger partial charge in [-0.15, -0.1) is 0 Å². The summed E-state index contributed by atoms with van der Waals surface area (Å²) in [6, 6.07) is 7.80. The van der Waals surface area contributed by atoms with Crippen molar-refractivity contribution in [1.29, 1.82) is 5.26 Å². The Labute approximate surface area is 185 Å². The zero-order valence-electron chi connectivity index (χ0n) is 16.9. The molecule has 2 N–H and O–H groups in total. The number of amidine groups is 1. The van der Waals surface area contributed by atoms with Gasteiger partial charge < -0.3 is 20.3 Å². The summed E-state index contributed by atoms with van der Waals surface area (Å²) in [7, 11) is 0. The Hall–Kier alpha value is -2.37. The highest BCUT2D eigenvalue weighted by atomic mass is 79.9. The number of anilines is 1. The molecule has 7 nitrogen and oxygen atoms in total. The van der Waals surface area contributed by atoms with E-state index < -0.39 is 5.97 Å². The molecule has 8 heteroatoms. The van der Waals surface area contributed by atoms with Gasteiger partial charge in [0.1, 0.15) is 11.8 Å². The molecule has 2 fully saturated rings. The van der Waals surface area contributed by atoms with Crippen molar-refractivity contribution in [3.63, 3.8) is 0 Å². The number of aliphatic imine (C=N–C) groups is 1. The predicted octanol–water partition coefficient (Wildman–Crippen LogP) is 3.71. The Kier molecular flexibility index (Phi) is 6.70. The second kappa shape index (κ2) is 9.63. The maximum Gasteiger partial charge on any atom is 0.351 e. The van der Waals surface area contributed by atoms with Gasteiger partial charge in [-0.2, -0.15) is 5.26 Å². The Morgan fingerprint density at radius 1 is 1.27 bits per heavy atom. The standard InChI is InChI=1S/C22H26BrN5O2/c23-16-6-7-18-19(12-16)27-21(28-10-8-25-9-11-28)20(26-18)17(13-24)22(29)30-14-15-4-2-1-3-5-15/h6-7,12,15,25-26H,1-5,8-11,14H2/b20-17-. The van der Waals surface area contributed by atoms with Crippen LogP contribution >= 0.6 is 15.9 Å². The van der Waals surface area contributed by atoms with Crippen LogP contribution in [0.25, 0.3) is 0 Å². The highest BCUT2D eigenvalue weighted by Crippen LogP contribution is 2.35. The number of carbonyl (C=O) groups excluding carboxylic acids is 1. The third-order valence-electron chi connectivity index (χ3n) is 5.83. The SMILES string of the molecule is N#C/C(C(=O)OCC1CCCCC1)=C1/Nc2ccc(Br)cc2N=C1N1CCNCC1. The zero-order valence-corrected chi connectivity index (χ0v) is 18.5. The first-order valence-corrected chi connectivity index (χ1v) is 11.4. The first-order valence-electron chi connectivity index (χ1n) is 10.6. The van der Waals surface area contributed by atoms with E-state index in [0.29, 0.717) is 24.1 Å². The number of piperazine rings is 1. The molecule has 2 heterocycles. The molecule has 1 aromatic carbocycles. The van der Waals surface area contributed by atoms with Gasteiger partial charge in [-0.1, -0.05) is 35.2 Å². The molecule has 30 heavy (non-hydrogen) atoms. The maximum atomic E-state index is 12.9. The van der Waals surface area contributed by atoms with Crippen LogP contribution in [0.5, 0.6) is 0 Å². The molecule has 0 radical (unpaired) electrons. The highest BCUT2D eigenvalue weighted by molar-refractivity contribution is 9.10. The van der Waals surface area contributed by atoms with Gasteiger partial charge in [0.15, 0.2) is 11.4 Å². The van der Waals surface area contributed by atoms with Crippen LogP contribution in [-0.4, -0.2) is 49.5 Å². The number of benzene rings is 1. The van der Waals surface area contributed by atoms with Gasteiger partial charge in [-0.3, -0.25) is 0 Å². The average Bonchev–Trinajstić information content (AvgIpc) is 2.79. The second-order valence-corrected chi connectivity index (χ2v) is 8.84. The van der Waals surface area contributed by atoms with Crippen LogP contribution in [0.15, 0.2) is 38.9 Å². The number of carbonyl (C=O) groups is 1. The fourth-order valence-corrected chi connectivity index (χ4v) is 4.52. The lowest BCUT2D eigenvalue weighted by Crippen LogP contribution is -2.48. The van der Waals surface area contributed by atoms with Gasteiger partial charge in [0.2, 0.25) is 0 Å². The van der Waals surface area contributed by atoms with Crippen LogP contribution in [0.4, 0.5) is 11.4 Å². The van der Waals surface area contributed by atoms with Gasteiger partial charge >= 0.3 is 5.97 Å².